The molecule has 3 nitrogen and oxygen atoms in total. The van der Waals surface area contributed by atoms with Crippen LogP contribution in [0.2, 0.25) is 0 Å². The Bertz CT molecular complexity index is 1250. The number of rotatable bonds is 4. The van der Waals surface area contributed by atoms with Crippen LogP contribution in [0.5, 0.6) is 0 Å². The Balaban J connectivity index is 1.93. The summed E-state index contributed by atoms with van der Waals surface area (Å²) in [6.07, 6.45) is -4.37. The average Bonchev–Trinajstić information content (AvgIpc) is 3.01. The van der Waals surface area contributed by atoms with Gasteiger partial charge in [-0.3, -0.25) is 4.79 Å². The molecule has 0 spiro atoms. The minimum atomic E-state index is -4.37. The van der Waals surface area contributed by atoms with Crippen molar-refractivity contribution in [3.63, 3.8) is 0 Å². The standard InChI is InChI=1S/C24H21F3N2O/c1-14(2)16-8-11-18-21(12-16)29(20-5-3-4-19(22(18)20)23(28)30)13-15-6-9-17(10-7-15)24(25,26)27/h3-12,14H,13H2,1-2H3,(H2,28,30). The third kappa shape index (κ3) is 3.43. The summed E-state index contributed by atoms with van der Waals surface area (Å²) in [5, 5.41) is 1.66. The molecule has 6 heteroatoms. The number of nitrogens with zero attached hydrogens (tertiary/aromatic N) is 1. The van der Waals surface area contributed by atoms with E-state index in [2.05, 4.69) is 19.9 Å². The lowest BCUT2D eigenvalue weighted by molar-refractivity contribution is -0.137. The van der Waals surface area contributed by atoms with Crippen LogP contribution >= 0.6 is 0 Å². The number of hydrogen-bond donors (Lipinski definition) is 1. The van der Waals surface area contributed by atoms with Crippen LogP contribution in [0.4, 0.5) is 13.2 Å². The van der Waals surface area contributed by atoms with E-state index in [1.807, 2.05) is 22.8 Å². The Morgan fingerprint density at radius 1 is 1.00 bits per heavy atom. The van der Waals surface area contributed by atoms with E-state index in [-0.39, 0.29) is 0 Å². The Kier molecular flexibility index (Phi) is 4.80. The van der Waals surface area contributed by atoms with Crippen molar-refractivity contribution in [3.05, 3.63) is 82.9 Å². The quantitative estimate of drug-likeness (QED) is 0.435. The van der Waals surface area contributed by atoms with E-state index >= 15 is 0 Å². The van der Waals surface area contributed by atoms with Crippen molar-refractivity contribution in [3.8, 4) is 0 Å². The maximum atomic E-state index is 12.9. The van der Waals surface area contributed by atoms with Crippen LogP contribution in [-0.2, 0) is 12.7 Å². The summed E-state index contributed by atoms with van der Waals surface area (Å²) in [6.45, 7) is 4.57. The molecule has 2 N–H and O–H groups in total. The number of aromatic nitrogens is 1. The van der Waals surface area contributed by atoms with Crippen LogP contribution in [0.1, 0.15) is 46.8 Å². The molecule has 3 aromatic carbocycles. The van der Waals surface area contributed by atoms with Gasteiger partial charge >= 0.3 is 6.18 Å². The van der Waals surface area contributed by atoms with Crippen LogP contribution in [0.25, 0.3) is 21.8 Å². The number of alkyl halides is 3. The lowest BCUT2D eigenvalue weighted by atomic mass is 10.00. The van der Waals surface area contributed by atoms with E-state index in [1.54, 1.807) is 12.1 Å². The molecular formula is C24H21F3N2O. The van der Waals surface area contributed by atoms with Crippen molar-refractivity contribution in [2.45, 2.75) is 32.5 Å². The Morgan fingerprint density at radius 2 is 1.70 bits per heavy atom. The van der Waals surface area contributed by atoms with Crippen LogP contribution < -0.4 is 5.73 Å². The molecule has 0 radical (unpaired) electrons. The molecule has 30 heavy (non-hydrogen) atoms. The topological polar surface area (TPSA) is 48.0 Å². The highest BCUT2D eigenvalue weighted by Gasteiger charge is 2.30. The second kappa shape index (κ2) is 7.20. The van der Waals surface area contributed by atoms with E-state index in [4.69, 9.17) is 5.73 Å². The van der Waals surface area contributed by atoms with Gasteiger partial charge in [0.2, 0.25) is 5.91 Å². The molecule has 4 rings (SSSR count). The molecule has 154 valence electrons. The summed E-state index contributed by atoms with van der Waals surface area (Å²) < 4.78 is 40.7. The van der Waals surface area contributed by atoms with Gasteiger partial charge < -0.3 is 10.3 Å². The number of hydrogen-bond acceptors (Lipinski definition) is 1. The SMILES string of the molecule is CC(C)c1ccc2c3c(C(N)=O)cccc3n(Cc3ccc(C(F)(F)F)cc3)c2c1. The van der Waals surface area contributed by atoms with Gasteiger partial charge in [-0.05, 0) is 47.4 Å². The zero-order chi connectivity index (χ0) is 21.6. The zero-order valence-electron chi connectivity index (χ0n) is 16.6. The molecule has 1 aromatic heterocycles. The maximum Gasteiger partial charge on any atom is 0.416 e. The third-order valence-corrected chi connectivity index (χ3v) is 5.47. The molecule has 0 aliphatic rings. The van der Waals surface area contributed by atoms with E-state index < -0.39 is 17.6 Å². The second-order valence-electron chi connectivity index (χ2n) is 7.78. The summed E-state index contributed by atoms with van der Waals surface area (Å²) >= 11 is 0. The van der Waals surface area contributed by atoms with Crippen LogP contribution in [0.15, 0.2) is 60.7 Å². The highest BCUT2D eigenvalue weighted by atomic mass is 19.4. The molecule has 0 aliphatic heterocycles. The summed E-state index contributed by atoms with van der Waals surface area (Å²) in [4.78, 5) is 12.0. The van der Waals surface area contributed by atoms with Crippen molar-refractivity contribution >= 4 is 27.7 Å². The smallest absolute Gasteiger partial charge is 0.366 e. The minimum Gasteiger partial charge on any atom is -0.366 e. The fraction of sp³-hybridized carbons (Fsp3) is 0.208. The molecule has 1 amide bonds. The first-order chi connectivity index (χ1) is 14.2. The van der Waals surface area contributed by atoms with Gasteiger partial charge in [0.05, 0.1) is 11.1 Å². The zero-order valence-corrected chi connectivity index (χ0v) is 16.6. The van der Waals surface area contributed by atoms with Crippen molar-refractivity contribution in [2.24, 2.45) is 5.73 Å². The van der Waals surface area contributed by atoms with E-state index in [9.17, 15) is 18.0 Å². The fourth-order valence-corrected chi connectivity index (χ4v) is 3.88. The third-order valence-electron chi connectivity index (χ3n) is 5.47. The van der Waals surface area contributed by atoms with Crippen LogP contribution in [-0.4, -0.2) is 10.5 Å². The van der Waals surface area contributed by atoms with Gasteiger partial charge in [0.15, 0.2) is 0 Å². The maximum absolute atomic E-state index is 12.9. The first kappa shape index (κ1) is 20.0. The Morgan fingerprint density at radius 3 is 2.30 bits per heavy atom. The van der Waals surface area contributed by atoms with Crippen molar-refractivity contribution in [2.75, 3.05) is 0 Å². The van der Waals surface area contributed by atoms with E-state index in [1.165, 1.54) is 12.1 Å². The summed E-state index contributed by atoms with van der Waals surface area (Å²) in [5.74, 6) is -0.204. The largest absolute Gasteiger partial charge is 0.416 e. The Labute approximate surface area is 171 Å². The predicted molar refractivity (Wildman–Crippen MR) is 113 cm³/mol. The molecule has 0 aliphatic carbocycles. The first-order valence-corrected chi connectivity index (χ1v) is 9.67. The van der Waals surface area contributed by atoms with Crippen LogP contribution in [0, 0.1) is 0 Å². The van der Waals surface area contributed by atoms with E-state index in [0.717, 1.165) is 45.1 Å². The van der Waals surface area contributed by atoms with Gasteiger partial charge in [0, 0.05) is 28.4 Å². The van der Waals surface area contributed by atoms with Gasteiger partial charge in [0.25, 0.3) is 0 Å². The van der Waals surface area contributed by atoms with Crippen molar-refractivity contribution < 1.29 is 18.0 Å². The lowest BCUT2D eigenvalue weighted by Gasteiger charge is -2.11. The van der Waals surface area contributed by atoms with Crippen LogP contribution in [0.3, 0.4) is 0 Å². The normalized spacial score (nSPS) is 12.2. The van der Waals surface area contributed by atoms with Crippen molar-refractivity contribution in [1.82, 2.24) is 4.57 Å². The molecule has 0 fully saturated rings. The van der Waals surface area contributed by atoms with E-state index in [0.29, 0.717) is 18.0 Å². The van der Waals surface area contributed by atoms with Gasteiger partial charge in [-0.15, -0.1) is 0 Å². The molecular weight excluding hydrogens is 389 g/mol. The van der Waals surface area contributed by atoms with Gasteiger partial charge in [-0.1, -0.05) is 44.2 Å². The number of nitrogens with two attached hydrogens (primary N) is 1. The van der Waals surface area contributed by atoms with Gasteiger partial charge in [-0.2, -0.15) is 13.2 Å². The number of carbonyl (C=O) groups excluding carboxylic acids is 1. The Hall–Kier alpha value is -3.28. The lowest BCUT2D eigenvalue weighted by Crippen LogP contribution is -2.11. The summed E-state index contributed by atoms with van der Waals surface area (Å²) in [6, 6.07) is 16.6. The highest BCUT2D eigenvalue weighted by Crippen LogP contribution is 2.35. The predicted octanol–water partition coefficient (Wildman–Crippen LogP) is 6.08. The highest BCUT2D eigenvalue weighted by molar-refractivity contribution is 6.18. The number of primary amides is 1. The molecule has 0 saturated heterocycles. The van der Waals surface area contributed by atoms with Gasteiger partial charge in [0.1, 0.15) is 0 Å². The fourth-order valence-electron chi connectivity index (χ4n) is 3.88. The molecule has 4 aromatic rings. The summed E-state index contributed by atoms with van der Waals surface area (Å²) in [7, 11) is 0. The van der Waals surface area contributed by atoms with Gasteiger partial charge in [-0.25, -0.2) is 0 Å². The molecule has 0 bridgehead atoms. The molecule has 0 unspecified atom stereocenters. The number of fused-ring (bicyclic) bond motifs is 3. The first-order valence-electron chi connectivity index (χ1n) is 9.67. The number of halogens is 3. The average molecular weight is 410 g/mol. The minimum absolute atomic E-state index is 0.308. The number of amides is 1. The molecule has 0 saturated carbocycles. The number of benzene rings is 3. The van der Waals surface area contributed by atoms with Crippen molar-refractivity contribution in [1.29, 1.82) is 0 Å². The second-order valence-corrected chi connectivity index (χ2v) is 7.78. The summed E-state index contributed by atoms with van der Waals surface area (Å²) in [5.41, 5.74) is 8.99. The monoisotopic (exact) mass is 410 g/mol. The molecule has 1 heterocycles. The number of carbonyl (C=O) groups is 1. The molecule has 0 atom stereocenters.